The number of rotatable bonds is 8. The predicted molar refractivity (Wildman–Crippen MR) is 302 cm³/mol. The second-order valence-electron chi connectivity index (χ2n) is 16.9. The van der Waals surface area contributed by atoms with Gasteiger partial charge in [0.2, 0.25) is 0 Å². The lowest BCUT2D eigenvalue weighted by atomic mass is 9.80. The molecular weight excluding hydrogens is 919 g/mol. The summed E-state index contributed by atoms with van der Waals surface area (Å²) >= 11 is 3.42. The normalized spacial score (nSPS) is 11.2. The zero-order chi connectivity index (χ0) is 47.7. The predicted octanol–water partition coefficient (Wildman–Crippen LogP) is 15.7. The molecule has 0 aliphatic carbocycles. The number of hydrogen-bond acceptors (Lipinski definition) is 2. The first kappa shape index (κ1) is 45.5. The van der Waals surface area contributed by atoms with E-state index in [1.54, 1.807) is 6.07 Å². The highest BCUT2D eigenvalue weighted by Crippen LogP contribution is 2.35. The first-order valence-corrected chi connectivity index (χ1v) is 24.1. The van der Waals surface area contributed by atoms with Crippen molar-refractivity contribution < 1.29 is 10.0 Å². The third kappa shape index (κ3) is 10.3. The molecule has 2 aromatic heterocycles. The van der Waals surface area contributed by atoms with Crippen LogP contribution in [-0.2, 0) is 0 Å². The molecular formula is C64H48BBrN2O2. The smallest absolute Gasteiger partial charge is 0.423 e. The van der Waals surface area contributed by atoms with Crippen molar-refractivity contribution in [1.29, 1.82) is 0 Å². The highest BCUT2D eigenvalue weighted by Gasteiger charge is 2.17. The Bertz CT molecular complexity index is 3720. The van der Waals surface area contributed by atoms with Gasteiger partial charge in [0.05, 0.1) is 22.1 Å². The molecule has 0 spiro atoms. The number of benzene rings is 10. The van der Waals surface area contributed by atoms with Gasteiger partial charge in [-0.05, 0) is 106 Å². The molecule has 12 aromatic rings. The van der Waals surface area contributed by atoms with Crippen molar-refractivity contribution >= 4 is 96.4 Å². The van der Waals surface area contributed by atoms with Gasteiger partial charge in [0, 0.05) is 37.4 Å². The van der Waals surface area contributed by atoms with Crippen LogP contribution in [0.2, 0.25) is 0 Å². The van der Waals surface area contributed by atoms with E-state index in [0.29, 0.717) is 5.46 Å². The van der Waals surface area contributed by atoms with Crippen LogP contribution in [0.4, 0.5) is 0 Å². The second kappa shape index (κ2) is 21.4. The third-order valence-electron chi connectivity index (χ3n) is 12.3. The lowest BCUT2D eigenvalue weighted by Crippen LogP contribution is -2.29. The van der Waals surface area contributed by atoms with Gasteiger partial charge in [0.1, 0.15) is 0 Å². The average Bonchev–Trinajstić information content (AvgIpc) is 3.94. The quantitative estimate of drug-likeness (QED) is 0.118. The van der Waals surface area contributed by atoms with Crippen LogP contribution in [0, 0.1) is 0 Å². The zero-order valence-corrected chi connectivity index (χ0v) is 39.9. The van der Waals surface area contributed by atoms with E-state index >= 15 is 0 Å². The SMILES string of the molecule is Brc1ccc(/C=C/c2ccccc2)cc1.C(=C\c1ccc(-c2ccc3c(c2)c2ccccc2n3-c2ccccc2)cc1)/c1ccccc1.OB(O)c1ccc2c(c1)c1ccccc1n2-c1ccccc1. The fourth-order valence-electron chi connectivity index (χ4n) is 8.89. The summed E-state index contributed by atoms with van der Waals surface area (Å²) in [5, 5.41) is 23.5. The Morgan fingerprint density at radius 2 is 0.671 bits per heavy atom. The molecule has 12 rings (SSSR count). The lowest BCUT2D eigenvalue weighted by molar-refractivity contribution is 0.426. The van der Waals surface area contributed by atoms with E-state index in [0.717, 1.165) is 32.0 Å². The summed E-state index contributed by atoms with van der Waals surface area (Å²) < 4.78 is 5.66. The summed E-state index contributed by atoms with van der Waals surface area (Å²) in [6.45, 7) is 0. The molecule has 0 fully saturated rings. The standard InChI is InChI=1S/C32H23N.C18H14BNO2.C14H11Br/c1-3-9-24(10-4-1)15-16-25-17-19-26(20-18-25)27-21-22-32-30(23-27)29-13-7-8-14-31(29)33(32)28-11-5-2-6-12-28;21-19(22)13-10-11-18-16(12-13)15-8-4-5-9-17(15)20(18)14-6-2-1-3-7-14;15-14-10-8-13(9-11-14)7-6-12-4-2-1-3-5-12/h1-23H;1-12,21-22H;1-11H/b16-15+;;7-6+. The molecule has 0 amide bonds. The monoisotopic (exact) mass is 966 g/mol. The van der Waals surface area contributed by atoms with Crippen LogP contribution in [0.3, 0.4) is 0 Å². The highest BCUT2D eigenvalue weighted by atomic mass is 79.9. The van der Waals surface area contributed by atoms with Gasteiger partial charge < -0.3 is 19.2 Å². The van der Waals surface area contributed by atoms with E-state index in [9.17, 15) is 10.0 Å². The third-order valence-corrected chi connectivity index (χ3v) is 12.9. The van der Waals surface area contributed by atoms with Gasteiger partial charge in [0.15, 0.2) is 0 Å². The summed E-state index contributed by atoms with van der Waals surface area (Å²) in [5.74, 6) is 0. The van der Waals surface area contributed by atoms with Crippen molar-refractivity contribution in [2.45, 2.75) is 0 Å². The topological polar surface area (TPSA) is 50.3 Å². The minimum Gasteiger partial charge on any atom is -0.423 e. The Hall–Kier alpha value is -8.26. The maximum absolute atomic E-state index is 9.43. The molecule has 6 heteroatoms. The molecule has 10 aromatic carbocycles. The maximum Gasteiger partial charge on any atom is 0.488 e. The van der Waals surface area contributed by atoms with Crippen molar-refractivity contribution in [3.8, 4) is 22.5 Å². The van der Waals surface area contributed by atoms with E-state index < -0.39 is 7.12 Å². The fourth-order valence-corrected chi connectivity index (χ4v) is 9.15. The molecule has 70 heavy (non-hydrogen) atoms. The molecule has 0 unspecified atom stereocenters. The van der Waals surface area contributed by atoms with Crippen LogP contribution in [0.5, 0.6) is 0 Å². The van der Waals surface area contributed by atoms with Gasteiger partial charge in [-0.1, -0.05) is 228 Å². The van der Waals surface area contributed by atoms with E-state index in [2.05, 4.69) is 219 Å². The summed E-state index contributed by atoms with van der Waals surface area (Å²) in [6.07, 6.45) is 8.54. The second-order valence-corrected chi connectivity index (χ2v) is 17.8. The minimum atomic E-state index is -1.46. The Morgan fingerprint density at radius 1 is 0.314 bits per heavy atom. The Balaban J connectivity index is 0.000000132. The average molecular weight is 968 g/mol. The number of hydrogen-bond donors (Lipinski definition) is 2. The van der Waals surface area contributed by atoms with Crippen LogP contribution in [0.25, 0.3) is 90.4 Å². The highest BCUT2D eigenvalue weighted by molar-refractivity contribution is 9.10. The first-order chi connectivity index (χ1) is 34.5. The summed E-state index contributed by atoms with van der Waals surface area (Å²) in [5.41, 5.74) is 14.7. The molecule has 2 N–H and O–H groups in total. The van der Waals surface area contributed by atoms with Crippen molar-refractivity contribution in [1.82, 2.24) is 9.13 Å². The minimum absolute atomic E-state index is 0.503. The molecule has 336 valence electrons. The molecule has 2 heterocycles. The number of aromatic nitrogens is 2. The van der Waals surface area contributed by atoms with Gasteiger partial charge in [-0.3, -0.25) is 0 Å². The molecule has 4 nitrogen and oxygen atoms in total. The van der Waals surface area contributed by atoms with Crippen LogP contribution in [-0.4, -0.2) is 26.3 Å². The van der Waals surface area contributed by atoms with Crippen molar-refractivity contribution in [2.24, 2.45) is 0 Å². The molecule has 0 radical (unpaired) electrons. The summed E-state index contributed by atoms with van der Waals surface area (Å²) in [6, 6.07) is 87.7. The van der Waals surface area contributed by atoms with Gasteiger partial charge >= 0.3 is 7.12 Å². The van der Waals surface area contributed by atoms with Crippen LogP contribution < -0.4 is 5.46 Å². The van der Waals surface area contributed by atoms with Crippen molar-refractivity contribution in [3.05, 3.63) is 282 Å². The molecule has 0 aliphatic rings. The van der Waals surface area contributed by atoms with Gasteiger partial charge in [-0.2, -0.15) is 0 Å². The van der Waals surface area contributed by atoms with E-state index in [1.165, 1.54) is 60.9 Å². The van der Waals surface area contributed by atoms with E-state index in [-0.39, 0.29) is 0 Å². The molecule has 0 bridgehead atoms. The number of halogens is 1. The van der Waals surface area contributed by atoms with Gasteiger partial charge in [-0.25, -0.2) is 0 Å². The van der Waals surface area contributed by atoms with Crippen LogP contribution >= 0.6 is 15.9 Å². The number of fused-ring (bicyclic) bond motifs is 6. The Morgan fingerprint density at radius 3 is 1.14 bits per heavy atom. The lowest BCUT2D eigenvalue weighted by Gasteiger charge is -2.08. The number of para-hydroxylation sites is 4. The van der Waals surface area contributed by atoms with Crippen molar-refractivity contribution in [3.63, 3.8) is 0 Å². The van der Waals surface area contributed by atoms with E-state index in [1.807, 2.05) is 78.9 Å². The van der Waals surface area contributed by atoms with Gasteiger partial charge in [0.25, 0.3) is 0 Å². The Labute approximate surface area is 417 Å². The zero-order valence-electron chi connectivity index (χ0n) is 38.3. The van der Waals surface area contributed by atoms with Crippen molar-refractivity contribution in [2.75, 3.05) is 0 Å². The molecule has 0 saturated carbocycles. The number of nitrogens with zero attached hydrogens (tertiary/aromatic N) is 2. The largest absolute Gasteiger partial charge is 0.488 e. The van der Waals surface area contributed by atoms with Gasteiger partial charge in [-0.15, -0.1) is 0 Å². The fraction of sp³-hybridized carbons (Fsp3) is 0. The summed E-state index contributed by atoms with van der Waals surface area (Å²) in [7, 11) is -1.46. The van der Waals surface area contributed by atoms with E-state index in [4.69, 9.17) is 0 Å². The summed E-state index contributed by atoms with van der Waals surface area (Å²) in [4.78, 5) is 0. The maximum atomic E-state index is 9.43. The first-order valence-electron chi connectivity index (χ1n) is 23.3. The molecule has 0 saturated heterocycles. The Kier molecular flexibility index (Phi) is 13.9. The van der Waals surface area contributed by atoms with Crippen LogP contribution in [0.1, 0.15) is 22.3 Å². The molecule has 0 aliphatic heterocycles. The van der Waals surface area contributed by atoms with Crippen LogP contribution in [0.15, 0.2) is 259 Å². The molecule has 0 atom stereocenters.